The molecular formula is C36H34ClF2N3O2S. The van der Waals surface area contributed by atoms with Gasteiger partial charge in [0.2, 0.25) is 5.91 Å². The summed E-state index contributed by atoms with van der Waals surface area (Å²) in [6.07, 6.45) is 9.03. The van der Waals surface area contributed by atoms with Crippen LogP contribution in [0.2, 0.25) is 5.02 Å². The van der Waals surface area contributed by atoms with Gasteiger partial charge in [0.1, 0.15) is 16.5 Å². The molecule has 6 rings (SSSR count). The van der Waals surface area contributed by atoms with E-state index < -0.39 is 11.6 Å². The molecule has 0 unspecified atom stereocenters. The van der Waals surface area contributed by atoms with E-state index >= 15 is 0 Å². The summed E-state index contributed by atoms with van der Waals surface area (Å²) in [5, 5.41) is 2.55. The number of halogens is 3. The molecule has 2 aromatic heterocycles. The van der Waals surface area contributed by atoms with E-state index in [1.54, 1.807) is 19.4 Å². The zero-order chi connectivity index (χ0) is 31.8. The minimum Gasteiger partial charge on any atom is -0.359 e. The fraction of sp³-hybridized carbons (Fsp3) is 0.250. The minimum atomic E-state index is -0.619. The summed E-state index contributed by atoms with van der Waals surface area (Å²) in [6.45, 7) is 0.401. The molecule has 232 valence electrons. The van der Waals surface area contributed by atoms with E-state index in [2.05, 4.69) is 16.4 Å². The summed E-state index contributed by atoms with van der Waals surface area (Å²) in [5.74, 6) is -1.41. The van der Waals surface area contributed by atoms with Crippen molar-refractivity contribution >= 4 is 44.8 Å². The molecule has 0 radical (unpaired) electrons. The lowest BCUT2D eigenvalue weighted by Crippen LogP contribution is -2.40. The van der Waals surface area contributed by atoms with Gasteiger partial charge in [-0.05, 0) is 65.4 Å². The van der Waals surface area contributed by atoms with E-state index in [4.69, 9.17) is 11.6 Å². The van der Waals surface area contributed by atoms with E-state index in [1.807, 2.05) is 65.6 Å². The molecule has 1 aliphatic rings. The van der Waals surface area contributed by atoms with Crippen molar-refractivity contribution in [2.45, 2.75) is 51.1 Å². The number of amides is 2. The van der Waals surface area contributed by atoms with Crippen molar-refractivity contribution in [2.75, 3.05) is 7.05 Å². The van der Waals surface area contributed by atoms with E-state index in [9.17, 15) is 18.4 Å². The van der Waals surface area contributed by atoms with Crippen molar-refractivity contribution in [3.8, 4) is 11.1 Å². The average Bonchev–Trinajstić information content (AvgIpc) is 3.45. The van der Waals surface area contributed by atoms with Crippen molar-refractivity contribution in [1.29, 1.82) is 0 Å². The number of nitrogens with one attached hydrogen (secondary N) is 1. The van der Waals surface area contributed by atoms with Crippen LogP contribution in [0.3, 0.4) is 0 Å². The molecule has 5 aromatic rings. The first-order valence-electron chi connectivity index (χ1n) is 15.0. The molecule has 0 saturated heterocycles. The van der Waals surface area contributed by atoms with Gasteiger partial charge in [-0.1, -0.05) is 79.4 Å². The van der Waals surface area contributed by atoms with Gasteiger partial charge in [0.05, 0.1) is 21.5 Å². The lowest BCUT2D eigenvalue weighted by atomic mass is 9.93. The topological polar surface area (TPSA) is 62.3 Å². The molecule has 1 N–H and O–H groups in total. The highest BCUT2D eigenvalue weighted by Crippen LogP contribution is 2.40. The first-order valence-corrected chi connectivity index (χ1v) is 16.2. The van der Waals surface area contributed by atoms with E-state index in [0.717, 1.165) is 77.8 Å². The third-order valence-electron chi connectivity index (χ3n) is 7.93. The number of nitrogens with zero attached hydrogens (tertiary/aromatic N) is 2. The van der Waals surface area contributed by atoms with Crippen LogP contribution in [0.4, 0.5) is 8.78 Å². The number of carbonyl (C=O) groups is 2. The maximum atomic E-state index is 14.4. The van der Waals surface area contributed by atoms with Gasteiger partial charge >= 0.3 is 0 Å². The number of thiophene rings is 1. The number of benzene rings is 3. The molecule has 2 amide bonds. The molecule has 1 aliphatic carbocycles. The first-order chi connectivity index (χ1) is 21.9. The van der Waals surface area contributed by atoms with Gasteiger partial charge in [0, 0.05) is 32.0 Å². The molecule has 2 heterocycles. The van der Waals surface area contributed by atoms with Crippen LogP contribution in [0.25, 0.3) is 21.2 Å². The summed E-state index contributed by atoms with van der Waals surface area (Å²) in [4.78, 5) is 30.8. The predicted octanol–water partition coefficient (Wildman–Crippen LogP) is 8.85. The standard InChI is InChI=1S/C27H23ClF2N2OS.C9H11NO/c28-24-23-21(29)9-10-22(30)25(23)34-26(24)27(33)32(20-7-2-1-3-8-20)16-17-5-4-6-19(15-17)18-11-13-31-14-12-18;1-10-9(11)7-8-5-3-2-4-6-8/h4-6,9-15,20H,1-3,7-8,16H2;2-6H,7H2,1H3,(H,10,11). The highest BCUT2D eigenvalue weighted by molar-refractivity contribution is 7.21. The molecule has 0 atom stereocenters. The summed E-state index contributed by atoms with van der Waals surface area (Å²) in [6, 6.07) is 23.8. The van der Waals surface area contributed by atoms with Crippen molar-refractivity contribution in [2.24, 2.45) is 0 Å². The zero-order valence-corrected chi connectivity index (χ0v) is 26.5. The Labute approximate surface area is 270 Å². The third-order valence-corrected chi connectivity index (χ3v) is 9.61. The Kier molecular flexibility index (Phi) is 10.9. The van der Waals surface area contributed by atoms with E-state index in [-0.39, 0.29) is 37.8 Å². The summed E-state index contributed by atoms with van der Waals surface area (Å²) in [5.41, 5.74) is 4.13. The molecule has 5 nitrogen and oxygen atoms in total. The molecule has 1 fully saturated rings. The number of rotatable bonds is 7. The Bertz CT molecular complexity index is 1760. The molecule has 3 aromatic carbocycles. The minimum absolute atomic E-state index is 0.00616. The maximum Gasteiger partial charge on any atom is 0.266 e. The maximum absolute atomic E-state index is 14.4. The van der Waals surface area contributed by atoms with Crippen LogP contribution in [-0.4, -0.2) is 34.8 Å². The Morgan fingerprint density at radius 1 is 0.889 bits per heavy atom. The van der Waals surface area contributed by atoms with Gasteiger partial charge in [-0.3, -0.25) is 14.6 Å². The lowest BCUT2D eigenvalue weighted by Gasteiger charge is -2.34. The number of aromatic nitrogens is 1. The van der Waals surface area contributed by atoms with Gasteiger partial charge in [0.15, 0.2) is 0 Å². The van der Waals surface area contributed by atoms with Gasteiger partial charge < -0.3 is 10.2 Å². The van der Waals surface area contributed by atoms with Crippen LogP contribution in [0, 0.1) is 11.6 Å². The summed E-state index contributed by atoms with van der Waals surface area (Å²) < 4.78 is 28.9. The van der Waals surface area contributed by atoms with Crippen LogP contribution < -0.4 is 5.32 Å². The second-order valence-electron chi connectivity index (χ2n) is 11.0. The van der Waals surface area contributed by atoms with Gasteiger partial charge in [-0.15, -0.1) is 11.3 Å². The number of hydrogen-bond donors (Lipinski definition) is 1. The largest absolute Gasteiger partial charge is 0.359 e. The number of pyridine rings is 1. The quantitative estimate of drug-likeness (QED) is 0.192. The zero-order valence-electron chi connectivity index (χ0n) is 24.9. The Balaban J connectivity index is 0.000000309. The van der Waals surface area contributed by atoms with Crippen LogP contribution >= 0.6 is 22.9 Å². The van der Waals surface area contributed by atoms with Gasteiger partial charge in [-0.25, -0.2) is 8.78 Å². The van der Waals surface area contributed by atoms with Gasteiger partial charge in [-0.2, -0.15) is 0 Å². The van der Waals surface area contributed by atoms with Crippen LogP contribution in [-0.2, 0) is 17.8 Å². The lowest BCUT2D eigenvalue weighted by molar-refractivity contribution is -0.119. The smallest absolute Gasteiger partial charge is 0.266 e. The highest BCUT2D eigenvalue weighted by atomic mass is 35.5. The van der Waals surface area contributed by atoms with E-state index in [0.29, 0.717) is 13.0 Å². The fourth-order valence-electron chi connectivity index (χ4n) is 5.59. The average molecular weight is 646 g/mol. The van der Waals surface area contributed by atoms with Gasteiger partial charge in [0.25, 0.3) is 5.91 Å². The monoisotopic (exact) mass is 645 g/mol. The molecule has 45 heavy (non-hydrogen) atoms. The second kappa shape index (κ2) is 15.2. The fourth-order valence-corrected chi connectivity index (χ4v) is 7.09. The molecular weight excluding hydrogens is 612 g/mol. The van der Waals surface area contributed by atoms with Crippen LogP contribution in [0.5, 0.6) is 0 Å². The molecule has 0 spiro atoms. The number of fused-ring (bicyclic) bond motifs is 1. The van der Waals surface area contributed by atoms with Crippen LogP contribution in [0.15, 0.2) is 91.3 Å². The molecule has 1 saturated carbocycles. The predicted molar refractivity (Wildman–Crippen MR) is 177 cm³/mol. The van der Waals surface area contributed by atoms with Crippen LogP contribution in [0.1, 0.15) is 52.9 Å². The normalized spacial score (nSPS) is 13.2. The molecule has 9 heteroatoms. The summed E-state index contributed by atoms with van der Waals surface area (Å²) >= 11 is 7.40. The Hall–Kier alpha value is -4.14. The highest BCUT2D eigenvalue weighted by Gasteiger charge is 2.31. The summed E-state index contributed by atoms with van der Waals surface area (Å²) in [7, 11) is 1.64. The molecule has 0 bridgehead atoms. The Morgan fingerprint density at radius 2 is 1.58 bits per heavy atom. The molecule has 0 aliphatic heterocycles. The third kappa shape index (κ3) is 7.93. The van der Waals surface area contributed by atoms with E-state index in [1.165, 1.54) is 0 Å². The SMILES string of the molecule is CNC(=O)Cc1ccccc1.O=C(c1sc2c(F)ccc(F)c2c1Cl)N(Cc1cccc(-c2ccncc2)c1)C1CCCCC1. The number of carbonyl (C=O) groups excluding carboxylic acids is 2. The first kappa shape index (κ1) is 32.3. The second-order valence-corrected chi connectivity index (χ2v) is 12.4. The Morgan fingerprint density at radius 3 is 2.27 bits per heavy atom. The van der Waals surface area contributed by atoms with Crippen molar-refractivity contribution in [3.05, 3.63) is 124 Å². The number of hydrogen-bond acceptors (Lipinski definition) is 4. The number of likely N-dealkylation sites (N-methyl/N-ethyl adjacent to an activating group) is 1. The van der Waals surface area contributed by atoms with Crippen molar-refractivity contribution in [3.63, 3.8) is 0 Å². The van der Waals surface area contributed by atoms with Crippen molar-refractivity contribution in [1.82, 2.24) is 15.2 Å². The van der Waals surface area contributed by atoms with Crippen molar-refractivity contribution < 1.29 is 18.4 Å².